The summed E-state index contributed by atoms with van der Waals surface area (Å²) in [4.78, 5) is 20.3. The maximum atomic E-state index is 13.1. The van der Waals surface area contributed by atoms with E-state index in [1.165, 1.54) is 48.9 Å². The Bertz CT molecular complexity index is 1230. The van der Waals surface area contributed by atoms with Gasteiger partial charge in [-0.15, -0.1) is 0 Å². The van der Waals surface area contributed by atoms with E-state index < -0.39 is 0 Å². The molecule has 0 atom stereocenters. The van der Waals surface area contributed by atoms with Crippen molar-refractivity contribution in [3.63, 3.8) is 0 Å². The van der Waals surface area contributed by atoms with Gasteiger partial charge < -0.3 is 4.90 Å². The molecule has 160 valence electrons. The number of hydrogen-bond acceptors (Lipinski definition) is 3. The smallest absolute Gasteiger partial charge is 0.281 e. The molecule has 0 N–H and O–H groups in total. The van der Waals surface area contributed by atoms with Crippen molar-refractivity contribution in [1.29, 1.82) is 0 Å². The average Bonchev–Trinajstić information content (AvgIpc) is 3.04. The van der Waals surface area contributed by atoms with Crippen LogP contribution in [0.15, 0.2) is 45.7 Å². The van der Waals surface area contributed by atoms with Crippen LogP contribution in [0.4, 0.5) is 0 Å². The van der Waals surface area contributed by atoms with E-state index in [1.807, 2.05) is 12.1 Å². The van der Waals surface area contributed by atoms with Crippen molar-refractivity contribution >= 4 is 26.8 Å². The molecule has 0 radical (unpaired) electrons. The lowest BCUT2D eigenvalue weighted by atomic mass is 9.69. The predicted octanol–water partition coefficient (Wildman–Crippen LogP) is 5.52. The van der Waals surface area contributed by atoms with Crippen LogP contribution < -0.4 is 5.56 Å². The highest BCUT2D eigenvalue weighted by atomic mass is 79.9. The SMILES string of the molecule is CN1CCC(c2ccc3c(c2)-n2c(nc(=O)c4c(Br)cccc42)C32CCCCC2)CC1. The first-order valence-electron chi connectivity index (χ1n) is 11.6. The van der Waals surface area contributed by atoms with Gasteiger partial charge in [-0.1, -0.05) is 37.5 Å². The summed E-state index contributed by atoms with van der Waals surface area (Å²) in [5.74, 6) is 1.58. The average molecular weight is 478 g/mol. The number of piperidine rings is 1. The lowest BCUT2D eigenvalue weighted by Gasteiger charge is -2.34. The molecular formula is C26H28BrN3O. The third kappa shape index (κ3) is 2.89. The maximum Gasteiger partial charge on any atom is 0.281 e. The monoisotopic (exact) mass is 477 g/mol. The van der Waals surface area contributed by atoms with E-state index in [1.54, 1.807) is 0 Å². The van der Waals surface area contributed by atoms with E-state index in [0.717, 1.165) is 41.7 Å². The fraction of sp³-hybridized carbons (Fsp3) is 0.462. The van der Waals surface area contributed by atoms with Crippen molar-refractivity contribution in [2.24, 2.45) is 0 Å². The molecule has 31 heavy (non-hydrogen) atoms. The summed E-state index contributed by atoms with van der Waals surface area (Å²) in [5.41, 5.74) is 4.82. The van der Waals surface area contributed by atoms with Gasteiger partial charge in [0.2, 0.25) is 0 Å². The van der Waals surface area contributed by atoms with Gasteiger partial charge in [0.25, 0.3) is 5.56 Å². The largest absolute Gasteiger partial charge is 0.306 e. The Morgan fingerprint density at radius 3 is 2.61 bits per heavy atom. The highest BCUT2D eigenvalue weighted by Gasteiger charge is 2.46. The number of fused-ring (bicyclic) bond motifs is 7. The summed E-state index contributed by atoms with van der Waals surface area (Å²) < 4.78 is 3.15. The van der Waals surface area contributed by atoms with Crippen molar-refractivity contribution in [1.82, 2.24) is 14.5 Å². The molecule has 5 heteroatoms. The molecule has 2 aliphatic heterocycles. The van der Waals surface area contributed by atoms with E-state index in [4.69, 9.17) is 4.98 Å². The molecule has 3 aromatic rings. The molecule has 1 aliphatic carbocycles. The molecule has 1 saturated heterocycles. The molecule has 1 aromatic heterocycles. The van der Waals surface area contributed by atoms with E-state index in [2.05, 4.69) is 56.7 Å². The van der Waals surface area contributed by atoms with Gasteiger partial charge in [0, 0.05) is 4.47 Å². The molecule has 3 aliphatic rings. The number of aromatic nitrogens is 2. The lowest BCUT2D eigenvalue weighted by Crippen LogP contribution is -2.32. The van der Waals surface area contributed by atoms with Gasteiger partial charge in [-0.25, -0.2) is 0 Å². The van der Waals surface area contributed by atoms with Gasteiger partial charge in [0.1, 0.15) is 5.82 Å². The molecule has 4 nitrogen and oxygen atoms in total. The molecule has 1 saturated carbocycles. The Labute approximate surface area is 191 Å². The van der Waals surface area contributed by atoms with E-state index in [0.29, 0.717) is 11.3 Å². The van der Waals surface area contributed by atoms with Crippen molar-refractivity contribution in [2.75, 3.05) is 20.1 Å². The minimum Gasteiger partial charge on any atom is -0.306 e. The van der Waals surface area contributed by atoms with Gasteiger partial charge in [0.15, 0.2) is 0 Å². The molecule has 2 aromatic carbocycles. The van der Waals surface area contributed by atoms with Crippen LogP contribution in [0.2, 0.25) is 0 Å². The molecule has 0 bridgehead atoms. The van der Waals surface area contributed by atoms with Gasteiger partial charge in [0.05, 0.1) is 22.0 Å². The minimum absolute atomic E-state index is 0.109. The zero-order chi connectivity index (χ0) is 21.2. The second kappa shape index (κ2) is 7.28. The summed E-state index contributed by atoms with van der Waals surface area (Å²) in [5, 5.41) is 0.690. The predicted molar refractivity (Wildman–Crippen MR) is 128 cm³/mol. The lowest BCUT2D eigenvalue weighted by molar-refractivity contribution is 0.255. The van der Waals surface area contributed by atoms with Gasteiger partial charge >= 0.3 is 0 Å². The van der Waals surface area contributed by atoms with Crippen LogP contribution in [-0.4, -0.2) is 34.6 Å². The fourth-order valence-corrected chi connectivity index (χ4v) is 6.82. The highest BCUT2D eigenvalue weighted by molar-refractivity contribution is 9.10. The summed E-state index contributed by atoms with van der Waals surface area (Å²) >= 11 is 3.61. The van der Waals surface area contributed by atoms with Crippen LogP contribution >= 0.6 is 15.9 Å². The quantitative estimate of drug-likeness (QED) is 0.462. The van der Waals surface area contributed by atoms with E-state index in [9.17, 15) is 4.79 Å². The number of benzene rings is 2. The van der Waals surface area contributed by atoms with Gasteiger partial charge in [-0.05, 0) is 97.0 Å². The first kappa shape index (κ1) is 19.7. The van der Waals surface area contributed by atoms with Crippen molar-refractivity contribution in [2.45, 2.75) is 56.3 Å². The number of likely N-dealkylation sites (tertiary alicyclic amines) is 1. The standard InChI is InChI=1S/C26H28BrN3O/c1-29-14-10-17(11-15-29)18-8-9-19-22(16-18)30-21-7-5-6-20(27)23(21)24(31)28-25(30)26(19)12-3-2-4-13-26/h5-9,16-17H,2-4,10-15H2,1H3. The van der Waals surface area contributed by atoms with Crippen LogP contribution in [0.3, 0.4) is 0 Å². The Balaban J connectivity index is 1.61. The third-order valence-electron chi connectivity index (χ3n) is 7.97. The Morgan fingerprint density at radius 2 is 1.84 bits per heavy atom. The molecule has 3 heterocycles. The van der Waals surface area contributed by atoms with E-state index >= 15 is 0 Å². The molecule has 2 fully saturated rings. The Kier molecular flexibility index (Phi) is 4.62. The second-order valence-corrected chi connectivity index (χ2v) is 10.6. The van der Waals surface area contributed by atoms with Crippen molar-refractivity contribution in [3.05, 3.63) is 68.2 Å². The Hall–Kier alpha value is -1.98. The van der Waals surface area contributed by atoms with Crippen LogP contribution in [0, 0.1) is 0 Å². The summed E-state index contributed by atoms with van der Waals surface area (Å²) in [6.07, 6.45) is 8.25. The number of halogens is 1. The number of hydrogen-bond donors (Lipinski definition) is 0. The van der Waals surface area contributed by atoms with Gasteiger partial charge in [-0.2, -0.15) is 4.98 Å². The first-order valence-corrected chi connectivity index (χ1v) is 12.4. The van der Waals surface area contributed by atoms with Gasteiger partial charge in [-0.3, -0.25) is 9.36 Å². The Morgan fingerprint density at radius 1 is 1.06 bits per heavy atom. The second-order valence-electron chi connectivity index (χ2n) is 9.71. The number of nitrogens with zero attached hydrogens (tertiary/aromatic N) is 3. The highest BCUT2D eigenvalue weighted by Crippen LogP contribution is 2.52. The molecule has 0 unspecified atom stereocenters. The molecule has 1 spiro atoms. The van der Waals surface area contributed by atoms with Crippen LogP contribution in [0.25, 0.3) is 16.6 Å². The van der Waals surface area contributed by atoms with Crippen molar-refractivity contribution < 1.29 is 0 Å². The summed E-state index contributed by atoms with van der Waals surface area (Å²) in [6.45, 7) is 2.32. The summed E-state index contributed by atoms with van der Waals surface area (Å²) in [7, 11) is 2.22. The topological polar surface area (TPSA) is 38.1 Å². The fourth-order valence-electron chi connectivity index (χ4n) is 6.29. The van der Waals surface area contributed by atoms with E-state index in [-0.39, 0.29) is 11.0 Å². The zero-order valence-electron chi connectivity index (χ0n) is 18.0. The minimum atomic E-state index is -0.117. The molecule has 6 rings (SSSR count). The van der Waals surface area contributed by atoms with Crippen LogP contribution in [0.1, 0.15) is 67.8 Å². The van der Waals surface area contributed by atoms with Crippen LogP contribution in [-0.2, 0) is 5.41 Å². The molecular weight excluding hydrogens is 450 g/mol. The zero-order valence-corrected chi connectivity index (χ0v) is 19.6. The maximum absolute atomic E-state index is 13.1. The molecule has 0 amide bonds. The number of rotatable bonds is 1. The normalized spacial score (nSPS) is 20.8. The van der Waals surface area contributed by atoms with Crippen LogP contribution in [0.5, 0.6) is 0 Å². The third-order valence-corrected chi connectivity index (χ3v) is 8.63. The summed E-state index contributed by atoms with van der Waals surface area (Å²) in [6, 6.07) is 13.2. The van der Waals surface area contributed by atoms with Crippen molar-refractivity contribution in [3.8, 4) is 5.69 Å². The first-order chi connectivity index (χ1) is 15.1.